The molecule has 1 aromatic rings. The summed E-state index contributed by atoms with van der Waals surface area (Å²) < 4.78 is 25.8. The van der Waals surface area contributed by atoms with Crippen molar-refractivity contribution in [2.45, 2.75) is 0 Å². The van der Waals surface area contributed by atoms with E-state index in [4.69, 9.17) is 5.11 Å². The second-order valence-corrected chi connectivity index (χ2v) is 2.50. The lowest BCUT2D eigenvalue weighted by Gasteiger charge is -1.96. The summed E-state index contributed by atoms with van der Waals surface area (Å²) in [5, 5.41) is 18.7. The maximum atomic E-state index is 13.0. The first kappa shape index (κ1) is 11.1. The zero-order valence-electron chi connectivity index (χ0n) is 7.33. The minimum atomic E-state index is -1.26. The number of aliphatic hydroxyl groups excluding tert-OH is 1. The highest BCUT2D eigenvalue weighted by atomic mass is 19.1. The predicted molar refractivity (Wildman–Crippen MR) is 47.0 cm³/mol. The van der Waals surface area contributed by atoms with Crippen molar-refractivity contribution in [3.05, 3.63) is 39.4 Å². The van der Waals surface area contributed by atoms with Crippen molar-refractivity contribution in [1.29, 1.82) is 0 Å². The summed E-state index contributed by atoms with van der Waals surface area (Å²) in [6.07, 6.45) is 0. The lowest BCUT2D eigenvalue weighted by atomic mass is 10.2. The topological polar surface area (TPSA) is 63.4 Å². The van der Waals surface area contributed by atoms with E-state index in [1.54, 1.807) is 0 Å². The fourth-order valence-corrected chi connectivity index (χ4v) is 0.908. The van der Waals surface area contributed by atoms with Gasteiger partial charge in [-0.1, -0.05) is 11.8 Å². The third kappa shape index (κ3) is 2.48. The van der Waals surface area contributed by atoms with E-state index in [-0.39, 0.29) is 5.56 Å². The number of nitro benzene ring substituents is 1. The van der Waals surface area contributed by atoms with Crippen LogP contribution in [-0.2, 0) is 0 Å². The zero-order chi connectivity index (χ0) is 11.4. The molecule has 0 unspecified atom stereocenters. The molecule has 1 rings (SSSR count). The average molecular weight is 213 g/mol. The van der Waals surface area contributed by atoms with Crippen molar-refractivity contribution in [2.75, 3.05) is 6.61 Å². The lowest BCUT2D eigenvalue weighted by molar-refractivity contribution is -0.387. The fourth-order valence-electron chi connectivity index (χ4n) is 0.908. The maximum absolute atomic E-state index is 13.0. The van der Waals surface area contributed by atoms with Crippen LogP contribution in [0.15, 0.2) is 12.1 Å². The van der Waals surface area contributed by atoms with E-state index < -0.39 is 28.9 Å². The SMILES string of the molecule is O=[N+]([O-])c1cc(C#CCO)c(F)cc1F. The number of hydrogen-bond acceptors (Lipinski definition) is 3. The summed E-state index contributed by atoms with van der Waals surface area (Å²) in [5.41, 5.74) is -1.17. The van der Waals surface area contributed by atoms with Gasteiger partial charge in [0.25, 0.3) is 0 Å². The summed E-state index contributed by atoms with van der Waals surface area (Å²) in [5.74, 6) is 1.99. The van der Waals surface area contributed by atoms with Gasteiger partial charge < -0.3 is 5.11 Å². The Morgan fingerprint density at radius 2 is 2.07 bits per heavy atom. The Hall–Kier alpha value is -2.00. The molecule has 0 spiro atoms. The van der Waals surface area contributed by atoms with Crippen LogP contribution in [0.4, 0.5) is 14.5 Å². The Bertz CT molecular complexity index is 462. The minimum absolute atomic E-state index is 0.322. The average Bonchev–Trinajstić information content (AvgIpc) is 2.16. The van der Waals surface area contributed by atoms with Gasteiger partial charge in [0, 0.05) is 12.1 Å². The summed E-state index contributed by atoms with van der Waals surface area (Å²) in [6, 6.07) is 1.08. The highest BCUT2D eigenvalue weighted by Crippen LogP contribution is 2.20. The van der Waals surface area contributed by atoms with E-state index >= 15 is 0 Å². The van der Waals surface area contributed by atoms with Gasteiger partial charge in [-0.2, -0.15) is 4.39 Å². The third-order valence-electron chi connectivity index (χ3n) is 1.54. The standard InChI is InChI=1S/C9H5F2NO3/c10-7-5-8(11)9(12(14)15)4-6(7)2-1-3-13/h4-5,13H,3H2. The molecule has 6 heteroatoms. The monoisotopic (exact) mass is 213 g/mol. The molecule has 0 amide bonds. The predicted octanol–water partition coefficient (Wildman–Crippen LogP) is 1.22. The number of halogens is 2. The second-order valence-electron chi connectivity index (χ2n) is 2.50. The molecule has 0 aliphatic heterocycles. The number of hydrogen-bond donors (Lipinski definition) is 1. The van der Waals surface area contributed by atoms with Crippen molar-refractivity contribution in [1.82, 2.24) is 0 Å². The van der Waals surface area contributed by atoms with Crippen molar-refractivity contribution in [3.63, 3.8) is 0 Å². The van der Waals surface area contributed by atoms with Gasteiger partial charge in [0.1, 0.15) is 12.4 Å². The molecule has 0 aliphatic rings. The van der Waals surface area contributed by atoms with Gasteiger partial charge in [-0.05, 0) is 0 Å². The van der Waals surface area contributed by atoms with Gasteiger partial charge in [-0.15, -0.1) is 0 Å². The van der Waals surface area contributed by atoms with E-state index in [9.17, 15) is 18.9 Å². The quantitative estimate of drug-likeness (QED) is 0.433. The van der Waals surface area contributed by atoms with E-state index in [0.29, 0.717) is 12.1 Å². The molecule has 1 aromatic carbocycles. The molecular formula is C9H5F2NO3. The Kier molecular flexibility index (Phi) is 3.31. The van der Waals surface area contributed by atoms with Crippen LogP contribution in [0.5, 0.6) is 0 Å². The van der Waals surface area contributed by atoms with Crippen molar-refractivity contribution < 1.29 is 18.8 Å². The Morgan fingerprint density at radius 3 is 2.60 bits per heavy atom. The minimum Gasteiger partial charge on any atom is -0.384 e. The molecular weight excluding hydrogens is 208 g/mol. The third-order valence-corrected chi connectivity index (χ3v) is 1.54. The van der Waals surface area contributed by atoms with Crippen LogP contribution in [0, 0.1) is 33.6 Å². The van der Waals surface area contributed by atoms with Crippen molar-refractivity contribution in [2.24, 2.45) is 0 Å². The van der Waals surface area contributed by atoms with Gasteiger partial charge in [-0.3, -0.25) is 10.1 Å². The van der Waals surface area contributed by atoms with Crippen molar-refractivity contribution >= 4 is 5.69 Å². The van der Waals surface area contributed by atoms with E-state index in [1.807, 2.05) is 0 Å². The van der Waals surface area contributed by atoms with Crippen LogP contribution < -0.4 is 0 Å². The smallest absolute Gasteiger partial charge is 0.306 e. The molecule has 1 N–H and O–H groups in total. The largest absolute Gasteiger partial charge is 0.384 e. The lowest BCUT2D eigenvalue weighted by Crippen LogP contribution is -1.96. The number of benzene rings is 1. The van der Waals surface area contributed by atoms with E-state index in [1.165, 1.54) is 0 Å². The van der Waals surface area contributed by atoms with Crippen molar-refractivity contribution in [3.8, 4) is 11.8 Å². The normalized spacial score (nSPS) is 9.27. The van der Waals surface area contributed by atoms with Crippen LogP contribution in [0.3, 0.4) is 0 Å². The van der Waals surface area contributed by atoms with Gasteiger partial charge in [0.15, 0.2) is 0 Å². The van der Waals surface area contributed by atoms with Gasteiger partial charge in [0.2, 0.25) is 5.82 Å². The Balaban J connectivity index is 3.29. The number of nitrogens with zero attached hydrogens (tertiary/aromatic N) is 1. The summed E-state index contributed by atoms with van der Waals surface area (Å²) >= 11 is 0. The first-order chi connectivity index (χ1) is 7.06. The Labute approximate surface area is 83.3 Å². The first-order valence-electron chi connectivity index (χ1n) is 3.79. The highest BCUT2D eigenvalue weighted by Gasteiger charge is 2.17. The number of rotatable bonds is 1. The Morgan fingerprint density at radius 1 is 1.40 bits per heavy atom. The molecule has 4 nitrogen and oxygen atoms in total. The fraction of sp³-hybridized carbons (Fsp3) is 0.111. The molecule has 0 aliphatic carbocycles. The molecule has 0 saturated carbocycles. The van der Waals surface area contributed by atoms with Gasteiger partial charge in [0.05, 0.1) is 10.5 Å². The summed E-state index contributed by atoms with van der Waals surface area (Å²) in [4.78, 5) is 9.33. The van der Waals surface area contributed by atoms with Gasteiger partial charge >= 0.3 is 5.69 Å². The molecule has 0 bridgehead atoms. The van der Waals surface area contributed by atoms with Gasteiger partial charge in [-0.25, -0.2) is 4.39 Å². The van der Waals surface area contributed by atoms with Crippen LogP contribution in [0.2, 0.25) is 0 Å². The molecule has 78 valence electrons. The zero-order valence-corrected chi connectivity index (χ0v) is 7.33. The molecule has 0 radical (unpaired) electrons. The van der Waals surface area contributed by atoms with Crippen LogP contribution in [0.25, 0.3) is 0 Å². The second kappa shape index (κ2) is 4.48. The van der Waals surface area contributed by atoms with Crippen LogP contribution in [0.1, 0.15) is 5.56 Å². The van der Waals surface area contributed by atoms with E-state index in [0.717, 1.165) is 0 Å². The molecule has 0 fully saturated rings. The molecule has 0 aromatic heterocycles. The maximum Gasteiger partial charge on any atom is 0.306 e. The van der Waals surface area contributed by atoms with Crippen LogP contribution in [-0.4, -0.2) is 16.6 Å². The molecule has 0 atom stereocenters. The first-order valence-corrected chi connectivity index (χ1v) is 3.79. The van der Waals surface area contributed by atoms with Crippen LogP contribution >= 0.6 is 0 Å². The van der Waals surface area contributed by atoms with E-state index in [2.05, 4.69) is 11.8 Å². The number of aliphatic hydroxyl groups is 1. The molecule has 0 heterocycles. The summed E-state index contributed by atoms with van der Waals surface area (Å²) in [7, 11) is 0. The molecule has 15 heavy (non-hydrogen) atoms. The summed E-state index contributed by atoms with van der Waals surface area (Å²) in [6.45, 7) is -0.509. The molecule has 0 saturated heterocycles. The number of nitro groups is 1. The highest BCUT2D eigenvalue weighted by molar-refractivity contribution is 5.45.